The summed E-state index contributed by atoms with van der Waals surface area (Å²) in [6.45, 7) is 11.5. The van der Waals surface area contributed by atoms with E-state index >= 15 is 0 Å². The SMILES string of the molecule is CCN1CCN(CC(C)CNS(=O)(=O)C2CCCCC2)CC1. The van der Waals surface area contributed by atoms with Crippen molar-refractivity contribution < 1.29 is 8.42 Å². The van der Waals surface area contributed by atoms with Crippen LogP contribution in [0.1, 0.15) is 46.0 Å². The molecule has 0 radical (unpaired) electrons. The second kappa shape index (κ2) is 8.62. The van der Waals surface area contributed by atoms with E-state index in [9.17, 15) is 8.42 Å². The van der Waals surface area contributed by atoms with Crippen LogP contribution in [0.25, 0.3) is 0 Å². The van der Waals surface area contributed by atoms with E-state index in [0.29, 0.717) is 12.5 Å². The van der Waals surface area contributed by atoms with Crippen molar-refractivity contribution in [3.8, 4) is 0 Å². The molecule has 1 unspecified atom stereocenters. The van der Waals surface area contributed by atoms with Crippen LogP contribution in [-0.4, -0.2) is 69.3 Å². The number of nitrogens with one attached hydrogen (secondary N) is 1. The van der Waals surface area contributed by atoms with Crippen LogP contribution >= 0.6 is 0 Å². The summed E-state index contributed by atoms with van der Waals surface area (Å²) in [6, 6.07) is 0. The van der Waals surface area contributed by atoms with Gasteiger partial charge in [-0.1, -0.05) is 33.1 Å². The molecule has 2 aliphatic rings. The predicted octanol–water partition coefficient (Wildman–Crippen LogP) is 1.51. The lowest BCUT2D eigenvalue weighted by molar-refractivity contribution is 0.125. The molecule has 0 bridgehead atoms. The molecule has 130 valence electrons. The highest BCUT2D eigenvalue weighted by Crippen LogP contribution is 2.23. The number of nitrogens with zero attached hydrogens (tertiary/aromatic N) is 2. The van der Waals surface area contributed by atoms with E-state index in [1.807, 2.05) is 0 Å². The van der Waals surface area contributed by atoms with Crippen LogP contribution < -0.4 is 4.72 Å². The molecule has 0 amide bonds. The molecule has 2 fully saturated rings. The Labute approximate surface area is 136 Å². The van der Waals surface area contributed by atoms with E-state index in [1.54, 1.807) is 0 Å². The number of rotatable bonds is 7. The van der Waals surface area contributed by atoms with Crippen LogP contribution in [0.15, 0.2) is 0 Å². The maximum atomic E-state index is 12.3. The lowest BCUT2D eigenvalue weighted by Crippen LogP contribution is -2.48. The Balaban J connectivity index is 1.69. The van der Waals surface area contributed by atoms with E-state index < -0.39 is 10.0 Å². The normalized spacial score (nSPS) is 24.5. The van der Waals surface area contributed by atoms with E-state index in [2.05, 4.69) is 28.4 Å². The van der Waals surface area contributed by atoms with E-state index in [-0.39, 0.29) is 5.25 Å². The second-order valence-electron chi connectivity index (χ2n) is 6.99. The zero-order valence-electron chi connectivity index (χ0n) is 14.3. The standard InChI is InChI=1S/C16H33N3O2S/c1-3-18-9-11-19(12-10-18)14-15(2)13-17-22(20,21)16-7-5-4-6-8-16/h15-17H,3-14H2,1-2H3. The molecule has 2 rings (SSSR count). The van der Waals surface area contributed by atoms with Crippen LogP contribution in [-0.2, 0) is 10.0 Å². The maximum Gasteiger partial charge on any atom is 0.214 e. The largest absolute Gasteiger partial charge is 0.301 e. The smallest absolute Gasteiger partial charge is 0.214 e. The van der Waals surface area contributed by atoms with Crippen LogP contribution in [0.4, 0.5) is 0 Å². The Morgan fingerprint density at radius 2 is 1.64 bits per heavy atom. The highest BCUT2D eigenvalue weighted by Gasteiger charge is 2.27. The number of piperazine rings is 1. The van der Waals surface area contributed by atoms with Gasteiger partial charge in [0.25, 0.3) is 0 Å². The first kappa shape index (κ1) is 18.2. The Morgan fingerprint density at radius 3 is 2.23 bits per heavy atom. The lowest BCUT2D eigenvalue weighted by Gasteiger charge is -2.35. The molecule has 0 spiro atoms. The Kier molecular flexibility index (Phi) is 7.12. The number of sulfonamides is 1. The van der Waals surface area contributed by atoms with Gasteiger partial charge in [-0.3, -0.25) is 0 Å². The summed E-state index contributed by atoms with van der Waals surface area (Å²) in [6.07, 6.45) is 4.98. The summed E-state index contributed by atoms with van der Waals surface area (Å²) in [5, 5.41) is -0.151. The van der Waals surface area contributed by atoms with Crippen molar-refractivity contribution in [3.63, 3.8) is 0 Å². The molecule has 22 heavy (non-hydrogen) atoms. The van der Waals surface area contributed by atoms with Gasteiger partial charge in [-0.25, -0.2) is 13.1 Å². The third-order valence-corrected chi connectivity index (χ3v) is 7.02. The average molecular weight is 332 g/mol. The molecular weight excluding hydrogens is 298 g/mol. The molecule has 1 aliphatic heterocycles. The lowest BCUT2D eigenvalue weighted by atomic mass is 10.0. The average Bonchev–Trinajstić information content (AvgIpc) is 2.55. The minimum atomic E-state index is -3.11. The fourth-order valence-corrected chi connectivity index (χ4v) is 5.25. The summed E-state index contributed by atoms with van der Waals surface area (Å²) >= 11 is 0. The van der Waals surface area contributed by atoms with Crippen molar-refractivity contribution in [2.75, 3.05) is 45.8 Å². The van der Waals surface area contributed by atoms with Gasteiger partial charge in [-0.15, -0.1) is 0 Å². The Hall–Kier alpha value is -0.170. The Morgan fingerprint density at radius 1 is 1.05 bits per heavy atom. The number of hydrogen-bond donors (Lipinski definition) is 1. The van der Waals surface area contributed by atoms with Crippen LogP contribution in [0, 0.1) is 5.92 Å². The molecule has 1 saturated heterocycles. The van der Waals surface area contributed by atoms with Crippen molar-refractivity contribution in [3.05, 3.63) is 0 Å². The van der Waals surface area contributed by atoms with E-state index in [0.717, 1.165) is 65.0 Å². The number of hydrogen-bond acceptors (Lipinski definition) is 4. The van der Waals surface area contributed by atoms with Crippen molar-refractivity contribution in [2.24, 2.45) is 5.92 Å². The van der Waals surface area contributed by atoms with Gasteiger partial charge in [0, 0.05) is 39.3 Å². The van der Waals surface area contributed by atoms with Crippen LogP contribution in [0.5, 0.6) is 0 Å². The second-order valence-corrected chi connectivity index (χ2v) is 9.04. The summed E-state index contributed by atoms with van der Waals surface area (Å²) in [7, 11) is -3.11. The molecule has 1 aliphatic carbocycles. The van der Waals surface area contributed by atoms with Gasteiger partial charge >= 0.3 is 0 Å². The topological polar surface area (TPSA) is 52.6 Å². The van der Waals surface area contributed by atoms with Gasteiger partial charge in [0.1, 0.15) is 0 Å². The van der Waals surface area contributed by atoms with Crippen LogP contribution in [0.3, 0.4) is 0 Å². The minimum Gasteiger partial charge on any atom is -0.301 e. The molecule has 0 aromatic carbocycles. The summed E-state index contributed by atoms with van der Waals surface area (Å²) < 4.78 is 27.5. The zero-order chi connectivity index (χ0) is 16.0. The Bertz CT molecular complexity index is 413. The van der Waals surface area contributed by atoms with E-state index in [1.165, 1.54) is 6.42 Å². The highest BCUT2D eigenvalue weighted by atomic mass is 32.2. The fraction of sp³-hybridized carbons (Fsp3) is 1.00. The minimum absolute atomic E-state index is 0.151. The highest BCUT2D eigenvalue weighted by molar-refractivity contribution is 7.90. The molecule has 0 aromatic heterocycles. The van der Waals surface area contributed by atoms with Crippen molar-refractivity contribution in [1.82, 2.24) is 14.5 Å². The van der Waals surface area contributed by atoms with Crippen molar-refractivity contribution in [1.29, 1.82) is 0 Å². The van der Waals surface area contributed by atoms with Crippen molar-refractivity contribution in [2.45, 2.75) is 51.2 Å². The number of likely N-dealkylation sites (N-methyl/N-ethyl adjacent to an activating group) is 1. The summed E-state index contributed by atoms with van der Waals surface area (Å²) in [5.41, 5.74) is 0. The van der Waals surface area contributed by atoms with Gasteiger partial charge < -0.3 is 9.80 Å². The molecule has 5 nitrogen and oxygen atoms in total. The molecule has 0 aromatic rings. The fourth-order valence-electron chi connectivity index (χ4n) is 3.55. The first-order valence-corrected chi connectivity index (χ1v) is 10.5. The molecular formula is C16H33N3O2S. The maximum absolute atomic E-state index is 12.3. The predicted molar refractivity (Wildman–Crippen MR) is 91.5 cm³/mol. The molecule has 1 heterocycles. The van der Waals surface area contributed by atoms with Gasteiger partial charge in [0.15, 0.2) is 0 Å². The van der Waals surface area contributed by atoms with Gasteiger partial charge in [-0.2, -0.15) is 0 Å². The molecule has 1 N–H and O–H groups in total. The first-order valence-electron chi connectivity index (χ1n) is 8.94. The third-order valence-electron chi connectivity index (χ3n) is 5.11. The summed E-state index contributed by atoms with van der Waals surface area (Å²) in [4.78, 5) is 4.93. The molecule has 1 saturated carbocycles. The molecule has 1 atom stereocenters. The monoisotopic (exact) mass is 331 g/mol. The van der Waals surface area contributed by atoms with Gasteiger partial charge in [0.05, 0.1) is 5.25 Å². The van der Waals surface area contributed by atoms with E-state index in [4.69, 9.17) is 0 Å². The zero-order valence-corrected chi connectivity index (χ0v) is 15.1. The summed E-state index contributed by atoms with van der Waals surface area (Å²) in [5.74, 6) is 0.367. The third kappa shape index (κ3) is 5.48. The molecule has 6 heteroatoms. The quantitative estimate of drug-likeness (QED) is 0.768. The van der Waals surface area contributed by atoms with Crippen molar-refractivity contribution >= 4 is 10.0 Å². The van der Waals surface area contributed by atoms with Gasteiger partial charge in [-0.05, 0) is 25.3 Å². The van der Waals surface area contributed by atoms with Gasteiger partial charge in [0.2, 0.25) is 10.0 Å². The first-order chi connectivity index (χ1) is 10.5. The van der Waals surface area contributed by atoms with Crippen LogP contribution in [0.2, 0.25) is 0 Å².